The van der Waals surface area contributed by atoms with Gasteiger partial charge in [0.05, 0.1) is 6.54 Å². The van der Waals surface area contributed by atoms with Gasteiger partial charge in [0.15, 0.2) is 0 Å². The summed E-state index contributed by atoms with van der Waals surface area (Å²) in [7, 11) is 4.31. The molecule has 1 aromatic carbocycles. The second-order valence-electron chi connectivity index (χ2n) is 5.94. The molecular formula is C16H22N4O. The van der Waals surface area contributed by atoms with Crippen molar-refractivity contribution in [3.63, 3.8) is 0 Å². The first kappa shape index (κ1) is 14.2. The second-order valence-corrected chi connectivity index (χ2v) is 5.94. The number of hydrogen-bond donors (Lipinski definition) is 1. The van der Waals surface area contributed by atoms with E-state index in [0.717, 1.165) is 12.1 Å². The normalized spacial score (nSPS) is 16.9. The Labute approximate surface area is 125 Å². The first-order valence-corrected chi connectivity index (χ1v) is 7.46. The Balaban J connectivity index is 1.56. The minimum Gasteiger partial charge on any atom is -0.419 e. The lowest BCUT2D eigenvalue weighted by atomic mass is 9.75. The van der Waals surface area contributed by atoms with Crippen LogP contribution in [0.25, 0.3) is 11.5 Å². The summed E-state index contributed by atoms with van der Waals surface area (Å²) in [6, 6.07) is 9.85. The van der Waals surface area contributed by atoms with Crippen molar-refractivity contribution in [2.24, 2.45) is 0 Å². The number of aromatic nitrogens is 2. The molecule has 1 heterocycles. The summed E-state index contributed by atoms with van der Waals surface area (Å²) < 4.78 is 5.70. The molecule has 1 aromatic heterocycles. The third-order valence-electron chi connectivity index (χ3n) is 4.45. The minimum absolute atomic E-state index is 0.308. The second kappa shape index (κ2) is 5.95. The third kappa shape index (κ3) is 2.99. The number of likely N-dealkylation sites (N-methyl/N-ethyl adjacent to an activating group) is 1. The molecule has 112 valence electrons. The van der Waals surface area contributed by atoms with Gasteiger partial charge in [-0.25, -0.2) is 0 Å². The van der Waals surface area contributed by atoms with Crippen molar-refractivity contribution in [3.8, 4) is 11.5 Å². The Hall–Kier alpha value is -1.72. The molecule has 5 nitrogen and oxygen atoms in total. The molecule has 1 aliphatic carbocycles. The van der Waals surface area contributed by atoms with Crippen LogP contribution in [0.1, 0.15) is 25.2 Å². The average Bonchev–Trinajstić information content (AvgIpc) is 2.91. The standard InChI is InChI=1S/C16H22N4O/c1-20(2)16(9-6-10-16)12-17-11-14-18-19-15(21-14)13-7-4-3-5-8-13/h3-5,7-8,17H,6,9-12H2,1-2H3. The molecule has 1 N–H and O–H groups in total. The topological polar surface area (TPSA) is 54.2 Å². The van der Waals surface area contributed by atoms with Crippen LogP contribution in [0.5, 0.6) is 0 Å². The first-order chi connectivity index (χ1) is 10.2. The number of nitrogens with zero attached hydrogens (tertiary/aromatic N) is 3. The van der Waals surface area contributed by atoms with Gasteiger partial charge in [-0.3, -0.25) is 0 Å². The van der Waals surface area contributed by atoms with Crippen LogP contribution >= 0.6 is 0 Å². The molecular weight excluding hydrogens is 264 g/mol. The lowest BCUT2D eigenvalue weighted by Crippen LogP contribution is -2.56. The van der Waals surface area contributed by atoms with E-state index in [1.54, 1.807) is 0 Å². The molecule has 0 amide bonds. The van der Waals surface area contributed by atoms with E-state index in [9.17, 15) is 0 Å². The number of hydrogen-bond acceptors (Lipinski definition) is 5. The minimum atomic E-state index is 0.308. The van der Waals surface area contributed by atoms with Crippen LogP contribution < -0.4 is 5.32 Å². The van der Waals surface area contributed by atoms with E-state index in [1.165, 1.54) is 19.3 Å². The molecule has 21 heavy (non-hydrogen) atoms. The molecule has 1 aliphatic rings. The van der Waals surface area contributed by atoms with Crippen LogP contribution in [0, 0.1) is 0 Å². The maximum Gasteiger partial charge on any atom is 0.247 e. The van der Waals surface area contributed by atoms with Gasteiger partial charge >= 0.3 is 0 Å². The van der Waals surface area contributed by atoms with Crippen molar-refractivity contribution in [1.29, 1.82) is 0 Å². The monoisotopic (exact) mass is 286 g/mol. The first-order valence-electron chi connectivity index (χ1n) is 7.46. The molecule has 0 unspecified atom stereocenters. The van der Waals surface area contributed by atoms with E-state index >= 15 is 0 Å². The highest BCUT2D eigenvalue weighted by atomic mass is 16.4. The maximum absolute atomic E-state index is 5.70. The number of nitrogens with one attached hydrogen (secondary N) is 1. The summed E-state index contributed by atoms with van der Waals surface area (Å²) in [5.41, 5.74) is 1.27. The van der Waals surface area contributed by atoms with E-state index in [1.807, 2.05) is 30.3 Å². The fourth-order valence-electron chi connectivity index (χ4n) is 2.79. The van der Waals surface area contributed by atoms with E-state index < -0.39 is 0 Å². The van der Waals surface area contributed by atoms with Gasteiger partial charge in [-0.05, 0) is 45.5 Å². The highest BCUT2D eigenvalue weighted by Gasteiger charge is 2.38. The van der Waals surface area contributed by atoms with Crippen molar-refractivity contribution >= 4 is 0 Å². The molecule has 1 saturated carbocycles. The largest absolute Gasteiger partial charge is 0.419 e. The lowest BCUT2D eigenvalue weighted by molar-refractivity contribution is 0.0592. The van der Waals surface area contributed by atoms with Gasteiger partial charge in [-0.2, -0.15) is 0 Å². The Bertz CT molecular complexity index is 575. The molecule has 0 aliphatic heterocycles. The van der Waals surface area contributed by atoms with E-state index in [0.29, 0.717) is 23.9 Å². The van der Waals surface area contributed by atoms with Crippen LogP contribution in [0.15, 0.2) is 34.7 Å². The molecule has 1 fully saturated rings. The third-order valence-corrected chi connectivity index (χ3v) is 4.45. The average molecular weight is 286 g/mol. The Morgan fingerprint density at radius 1 is 1.19 bits per heavy atom. The lowest BCUT2D eigenvalue weighted by Gasteiger charge is -2.47. The highest BCUT2D eigenvalue weighted by Crippen LogP contribution is 2.35. The Morgan fingerprint density at radius 3 is 2.57 bits per heavy atom. The summed E-state index contributed by atoms with van der Waals surface area (Å²) in [5.74, 6) is 1.22. The van der Waals surface area contributed by atoms with Gasteiger partial charge in [0, 0.05) is 17.6 Å². The van der Waals surface area contributed by atoms with Gasteiger partial charge in [-0.15, -0.1) is 10.2 Å². The van der Waals surface area contributed by atoms with Crippen LogP contribution in [0.4, 0.5) is 0 Å². The predicted octanol–water partition coefficient (Wildman–Crippen LogP) is 2.31. The molecule has 0 atom stereocenters. The van der Waals surface area contributed by atoms with Gasteiger partial charge in [0.25, 0.3) is 0 Å². The molecule has 0 saturated heterocycles. The van der Waals surface area contributed by atoms with E-state index in [-0.39, 0.29) is 0 Å². The van der Waals surface area contributed by atoms with Gasteiger partial charge in [0.2, 0.25) is 11.8 Å². The van der Waals surface area contributed by atoms with Crippen molar-refractivity contribution in [1.82, 2.24) is 20.4 Å². The highest BCUT2D eigenvalue weighted by molar-refractivity contribution is 5.51. The van der Waals surface area contributed by atoms with Crippen molar-refractivity contribution in [2.45, 2.75) is 31.3 Å². The van der Waals surface area contributed by atoms with Gasteiger partial charge in [0.1, 0.15) is 0 Å². The van der Waals surface area contributed by atoms with Crippen LogP contribution in [-0.4, -0.2) is 41.3 Å². The molecule has 5 heteroatoms. The summed E-state index contributed by atoms with van der Waals surface area (Å²) in [6.45, 7) is 1.58. The van der Waals surface area contributed by atoms with Crippen molar-refractivity contribution in [3.05, 3.63) is 36.2 Å². The van der Waals surface area contributed by atoms with Crippen LogP contribution in [0.2, 0.25) is 0 Å². The summed E-state index contributed by atoms with van der Waals surface area (Å²) in [5, 5.41) is 11.7. The molecule has 3 rings (SSSR count). The van der Waals surface area contributed by atoms with Crippen LogP contribution in [-0.2, 0) is 6.54 Å². The fraction of sp³-hybridized carbons (Fsp3) is 0.500. The fourth-order valence-corrected chi connectivity index (χ4v) is 2.79. The summed E-state index contributed by atoms with van der Waals surface area (Å²) in [4.78, 5) is 2.33. The molecule has 0 radical (unpaired) electrons. The number of rotatable bonds is 6. The summed E-state index contributed by atoms with van der Waals surface area (Å²) in [6.07, 6.45) is 3.83. The smallest absolute Gasteiger partial charge is 0.247 e. The number of benzene rings is 1. The zero-order chi connectivity index (χ0) is 14.7. The zero-order valence-corrected chi connectivity index (χ0v) is 12.7. The Morgan fingerprint density at radius 2 is 1.95 bits per heavy atom. The van der Waals surface area contributed by atoms with Gasteiger partial charge < -0.3 is 14.6 Å². The van der Waals surface area contributed by atoms with Crippen LogP contribution in [0.3, 0.4) is 0 Å². The Kier molecular flexibility index (Phi) is 4.03. The van der Waals surface area contributed by atoms with Crippen molar-refractivity contribution in [2.75, 3.05) is 20.6 Å². The molecule has 0 spiro atoms. The zero-order valence-electron chi connectivity index (χ0n) is 12.7. The predicted molar refractivity (Wildman–Crippen MR) is 81.7 cm³/mol. The summed E-state index contributed by atoms with van der Waals surface area (Å²) >= 11 is 0. The maximum atomic E-state index is 5.70. The molecule has 0 bridgehead atoms. The quantitative estimate of drug-likeness (QED) is 0.883. The molecule has 2 aromatic rings. The van der Waals surface area contributed by atoms with E-state index in [2.05, 4.69) is 34.5 Å². The van der Waals surface area contributed by atoms with E-state index in [4.69, 9.17) is 4.42 Å². The van der Waals surface area contributed by atoms with Crippen molar-refractivity contribution < 1.29 is 4.42 Å². The SMILES string of the molecule is CN(C)C1(CNCc2nnc(-c3ccccc3)o2)CCC1. The van der Waals surface area contributed by atoms with Gasteiger partial charge in [-0.1, -0.05) is 18.2 Å².